The van der Waals surface area contributed by atoms with Crippen molar-refractivity contribution in [1.82, 2.24) is 15.2 Å². The van der Waals surface area contributed by atoms with Crippen LogP contribution in [0.5, 0.6) is 0 Å². The topological polar surface area (TPSA) is 28.2 Å². The molecule has 2 aliphatic rings. The third-order valence-electron chi connectivity index (χ3n) is 4.72. The van der Waals surface area contributed by atoms with E-state index in [2.05, 4.69) is 34.4 Å². The number of hydrogen-bond donors (Lipinski definition) is 1. The number of aromatic nitrogens is 1. The van der Waals surface area contributed by atoms with E-state index in [9.17, 15) is 0 Å². The van der Waals surface area contributed by atoms with Crippen LogP contribution in [0.4, 0.5) is 0 Å². The smallest absolute Gasteiger partial charge is 0.110 e. The highest BCUT2D eigenvalue weighted by Crippen LogP contribution is 2.42. The summed E-state index contributed by atoms with van der Waals surface area (Å²) in [6, 6.07) is 0.512. The Balaban J connectivity index is 1.77. The molecule has 1 N–H and O–H groups in total. The van der Waals surface area contributed by atoms with Gasteiger partial charge in [0.2, 0.25) is 0 Å². The van der Waals surface area contributed by atoms with Crippen LogP contribution in [-0.4, -0.2) is 35.1 Å². The lowest BCUT2D eigenvalue weighted by atomic mass is 9.94. The SMILES string of the molecule is CCC(c1nccs1)N1CCCNC(C)(C2CC2)C1. The van der Waals surface area contributed by atoms with Crippen LogP contribution >= 0.6 is 11.3 Å². The van der Waals surface area contributed by atoms with Gasteiger partial charge in [-0.15, -0.1) is 11.3 Å². The number of nitrogens with one attached hydrogen (secondary N) is 1. The number of nitrogens with zero attached hydrogens (tertiary/aromatic N) is 2. The summed E-state index contributed by atoms with van der Waals surface area (Å²) in [5.74, 6) is 0.891. The van der Waals surface area contributed by atoms with E-state index < -0.39 is 0 Å². The Bertz CT molecular complexity index is 402. The standard InChI is InChI=1S/C15H25N3S/c1-3-13(14-16-8-10-19-14)18-9-4-7-17-15(2,11-18)12-5-6-12/h8,10,12-13,17H,3-7,9,11H2,1-2H3. The van der Waals surface area contributed by atoms with Crippen LogP contribution in [0, 0.1) is 5.92 Å². The van der Waals surface area contributed by atoms with Crippen molar-refractivity contribution >= 4 is 11.3 Å². The van der Waals surface area contributed by atoms with Crippen LogP contribution in [-0.2, 0) is 0 Å². The van der Waals surface area contributed by atoms with Crippen molar-refractivity contribution < 1.29 is 0 Å². The zero-order chi connectivity index (χ0) is 13.3. The molecule has 2 unspecified atom stereocenters. The average Bonchev–Trinajstić information content (AvgIpc) is 3.16. The lowest BCUT2D eigenvalue weighted by Crippen LogP contribution is -2.51. The molecule has 1 saturated heterocycles. The van der Waals surface area contributed by atoms with Gasteiger partial charge >= 0.3 is 0 Å². The number of hydrogen-bond acceptors (Lipinski definition) is 4. The van der Waals surface area contributed by atoms with Gasteiger partial charge in [-0.05, 0) is 45.1 Å². The van der Waals surface area contributed by atoms with E-state index in [1.54, 1.807) is 0 Å². The van der Waals surface area contributed by atoms with E-state index in [1.165, 1.54) is 37.4 Å². The van der Waals surface area contributed by atoms with E-state index in [-0.39, 0.29) is 0 Å². The molecule has 2 atom stereocenters. The minimum Gasteiger partial charge on any atom is -0.310 e. The molecule has 2 fully saturated rings. The van der Waals surface area contributed by atoms with Crippen molar-refractivity contribution in [3.8, 4) is 0 Å². The fourth-order valence-electron chi connectivity index (χ4n) is 3.46. The molecule has 4 heteroatoms. The molecule has 19 heavy (non-hydrogen) atoms. The van der Waals surface area contributed by atoms with Crippen molar-refractivity contribution in [2.45, 2.75) is 51.1 Å². The molecular formula is C15H25N3S. The Labute approximate surface area is 120 Å². The molecule has 0 aromatic carbocycles. The summed E-state index contributed by atoms with van der Waals surface area (Å²) < 4.78 is 0. The molecular weight excluding hydrogens is 254 g/mol. The first-order valence-electron chi connectivity index (χ1n) is 7.61. The summed E-state index contributed by atoms with van der Waals surface area (Å²) in [5.41, 5.74) is 0.321. The van der Waals surface area contributed by atoms with Gasteiger partial charge in [0.25, 0.3) is 0 Å². The summed E-state index contributed by atoms with van der Waals surface area (Å²) in [4.78, 5) is 7.24. The van der Waals surface area contributed by atoms with Crippen LogP contribution < -0.4 is 5.32 Å². The molecule has 0 amide bonds. The maximum absolute atomic E-state index is 4.56. The molecule has 0 radical (unpaired) electrons. The van der Waals surface area contributed by atoms with Gasteiger partial charge in [-0.2, -0.15) is 0 Å². The van der Waals surface area contributed by atoms with E-state index in [0.717, 1.165) is 18.9 Å². The first kappa shape index (κ1) is 13.5. The Hall–Kier alpha value is -0.450. The Morgan fingerprint density at radius 1 is 1.58 bits per heavy atom. The molecule has 1 aromatic rings. The zero-order valence-electron chi connectivity index (χ0n) is 12.1. The minimum absolute atomic E-state index is 0.321. The third kappa shape index (κ3) is 2.86. The fourth-order valence-corrected chi connectivity index (χ4v) is 4.32. The predicted octanol–water partition coefficient (Wildman–Crippen LogP) is 3.06. The molecule has 1 aliphatic carbocycles. The maximum Gasteiger partial charge on any atom is 0.110 e. The predicted molar refractivity (Wildman–Crippen MR) is 80.5 cm³/mol. The van der Waals surface area contributed by atoms with Crippen molar-refractivity contribution in [2.75, 3.05) is 19.6 Å². The molecule has 2 heterocycles. The number of rotatable bonds is 4. The van der Waals surface area contributed by atoms with Crippen molar-refractivity contribution in [3.05, 3.63) is 16.6 Å². The van der Waals surface area contributed by atoms with E-state index >= 15 is 0 Å². The first-order chi connectivity index (χ1) is 9.23. The number of thiazole rings is 1. The lowest BCUT2D eigenvalue weighted by Gasteiger charge is -2.37. The highest BCUT2D eigenvalue weighted by molar-refractivity contribution is 7.09. The minimum atomic E-state index is 0.321. The molecule has 1 saturated carbocycles. The highest BCUT2D eigenvalue weighted by atomic mass is 32.1. The van der Waals surface area contributed by atoms with Gasteiger partial charge in [0.15, 0.2) is 0 Å². The summed E-state index contributed by atoms with van der Waals surface area (Å²) >= 11 is 1.81. The van der Waals surface area contributed by atoms with Gasteiger partial charge in [0.05, 0.1) is 6.04 Å². The zero-order valence-corrected chi connectivity index (χ0v) is 12.9. The summed E-state index contributed by atoms with van der Waals surface area (Å²) in [5, 5.41) is 7.21. The van der Waals surface area contributed by atoms with Gasteiger partial charge < -0.3 is 5.32 Å². The first-order valence-corrected chi connectivity index (χ1v) is 8.49. The maximum atomic E-state index is 4.56. The quantitative estimate of drug-likeness (QED) is 0.918. The van der Waals surface area contributed by atoms with Crippen molar-refractivity contribution in [3.63, 3.8) is 0 Å². The second-order valence-corrected chi connectivity index (χ2v) is 7.16. The normalized spacial score (nSPS) is 31.1. The van der Waals surface area contributed by atoms with Crippen molar-refractivity contribution in [1.29, 1.82) is 0 Å². The molecule has 1 aliphatic heterocycles. The molecule has 3 nitrogen and oxygen atoms in total. The summed E-state index contributed by atoms with van der Waals surface area (Å²) in [6.07, 6.45) is 7.17. The Morgan fingerprint density at radius 2 is 2.42 bits per heavy atom. The van der Waals surface area contributed by atoms with Gasteiger partial charge in [-0.25, -0.2) is 4.98 Å². The van der Waals surface area contributed by atoms with Gasteiger partial charge in [0.1, 0.15) is 5.01 Å². The second kappa shape index (κ2) is 5.51. The van der Waals surface area contributed by atoms with Gasteiger partial charge in [-0.3, -0.25) is 4.90 Å². The van der Waals surface area contributed by atoms with Gasteiger partial charge in [0, 0.05) is 30.2 Å². The molecule has 0 bridgehead atoms. The average molecular weight is 279 g/mol. The van der Waals surface area contributed by atoms with E-state index in [4.69, 9.17) is 0 Å². The van der Waals surface area contributed by atoms with Crippen LogP contribution in [0.15, 0.2) is 11.6 Å². The largest absolute Gasteiger partial charge is 0.310 e. The fraction of sp³-hybridized carbons (Fsp3) is 0.800. The van der Waals surface area contributed by atoms with Gasteiger partial charge in [-0.1, -0.05) is 6.92 Å². The van der Waals surface area contributed by atoms with Crippen molar-refractivity contribution in [2.24, 2.45) is 5.92 Å². The molecule has 3 rings (SSSR count). The summed E-state index contributed by atoms with van der Waals surface area (Å²) in [7, 11) is 0. The molecule has 0 spiro atoms. The van der Waals surface area contributed by atoms with E-state index in [1.807, 2.05) is 17.5 Å². The van der Waals surface area contributed by atoms with Crippen LogP contribution in [0.2, 0.25) is 0 Å². The summed E-state index contributed by atoms with van der Waals surface area (Å²) in [6.45, 7) is 8.26. The molecule has 1 aromatic heterocycles. The van der Waals surface area contributed by atoms with Crippen LogP contribution in [0.1, 0.15) is 50.6 Å². The second-order valence-electron chi connectivity index (χ2n) is 6.24. The van der Waals surface area contributed by atoms with Crippen LogP contribution in [0.25, 0.3) is 0 Å². The Kier molecular flexibility index (Phi) is 3.92. The van der Waals surface area contributed by atoms with Crippen LogP contribution in [0.3, 0.4) is 0 Å². The monoisotopic (exact) mass is 279 g/mol. The Morgan fingerprint density at radius 3 is 3.05 bits per heavy atom. The highest BCUT2D eigenvalue weighted by Gasteiger charge is 2.44. The van der Waals surface area contributed by atoms with E-state index in [0.29, 0.717) is 11.6 Å². The molecule has 106 valence electrons. The lowest BCUT2D eigenvalue weighted by molar-refractivity contribution is 0.147. The third-order valence-corrected chi connectivity index (χ3v) is 5.60.